The predicted octanol–water partition coefficient (Wildman–Crippen LogP) is 0.870. The quantitative estimate of drug-likeness (QED) is 0.704. The molecular weight excluding hydrogens is 230 g/mol. The number of pyridine rings is 1. The summed E-state index contributed by atoms with van der Waals surface area (Å²) in [7, 11) is 1.58. The molecule has 0 saturated heterocycles. The van der Waals surface area contributed by atoms with E-state index in [-0.39, 0.29) is 11.9 Å². The lowest BCUT2D eigenvalue weighted by molar-refractivity contribution is -0.122. The molecule has 18 heavy (non-hydrogen) atoms. The molecule has 0 aliphatic carbocycles. The van der Waals surface area contributed by atoms with Crippen molar-refractivity contribution in [3.05, 3.63) is 36.5 Å². The van der Waals surface area contributed by atoms with Crippen LogP contribution in [-0.2, 0) is 11.3 Å². The molecule has 98 valence electrons. The van der Waals surface area contributed by atoms with Crippen LogP contribution in [0.4, 0.5) is 0 Å². The zero-order chi connectivity index (χ0) is 13.4. The largest absolute Gasteiger partial charge is 0.481 e. The minimum atomic E-state index is -0.257. The van der Waals surface area contributed by atoms with E-state index in [1.807, 2.05) is 13.0 Å². The SMILES string of the molecule is C=CCNC(=O)C(C)NCc1ccc(OC)nc1. The summed E-state index contributed by atoms with van der Waals surface area (Å²) < 4.78 is 4.97. The molecule has 0 spiro atoms. The van der Waals surface area contributed by atoms with E-state index < -0.39 is 0 Å². The van der Waals surface area contributed by atoms with E-state index in [1.54, 1.807) is 25.4 Å². The van der Waals surface area contributed by atoms with E-state index in [1.165, 1.54) is 0 Å². The smallest absolute Gasteiger partial charge is 0.237 e. The number of carbonyl (C=O) groups is 1. The van der Waals surface area contributed by atoms with Gasteiger partial charge in [-0.15, -0.1) is 6.58 Å². The van der Waals surface area contributed by atoms with Gasteiger partial charge in [0.2, 0.25) is 11.8 Å². The van der Waals surface area contributed by atoms with Gasteiger partial charge in [-0.3, -0.25) is 4.79 Å². The molecule has 1 amide bonds. The van der Waals surface area contributed by atoms with Crippen LogP contribution >= 0.6 is 0 Å². The zero-order valence-corrected chi connectivity index (χ0v) is 10.8. The monoisotopic (exact) mass is 249 g/mol. The third-order valence-electron chi connectivity index (χ3n) is 2.43. The van der Waals surface area contributed by atoms with Crippen molar-refractivity contribution in [1.29, 1.82) is 0 Å². The second-order valence-electron chi connectivity index (χ2n) is 3.85. The molecule has 0 bridgehead atoms. The fourth-order valence-electron chi connectivity index (χ4n) is 1.33. The molecule has 0 aliphatic rings. The molecule has 0 aromatic carbocycles. The molecule has 0 fully saturated rings. The second kappa shape index (κ2) is 7.45. The van der Waals surface area contributed by atoms with Gasteiger partial charge in [0.15, 0.2) is 0 Å². The van der Waals surface area contributed by atoms with Crippen LogP contribution in [0.3, 0.4) is 0 Å². The summed E-state index contributed by atoms with van der Waals surface area (Å²) in [6.45, 7) is 6.43. The van der Waals surface area contributed by atoms with Gasteiger partial charge in [0, 0.05) is 25.4 Å². The van der Waals surface area contributed by atoms with Crippen molar-refractivity contribution < 1.29 is 9.53 Å². The predicted molar refractivity (Wildman–Crippen MR) is 70.3 cm³/mol. The van der Waals surface area contributed by atoms with E-state index in [4.69, 9.17) is 4.74 Å². The molecule has 0 radical (unpaired) electrons. The van der Waals surface area contributed by atoms with Crippen LogP contribution in [0.1, 0.15) is 12.5 Å². The molecular formula is C13H19N3O2. The summed E-state index contributed by atoms with van der Waals surface area (Å²) >= 11 is 0. The Kier molecular flexibility index (Phi) is 5.87. The van der Waals surface area contributed by atoms with Gasteiger partial charge in [-0.25, -0.2) is 4.98 Å². The Bertz CT molecular complexity index is 390. The molecule has 1 heterocycles. The normalized spacial score (nSPS) is 11.7. The molecule has 1 aromatic rings. The zero-order valence-electron chi connectivity index (χ0n) is 10.8. The maximum Gasteiger partial charge on any atom is 0.237 e. The van der Waals surface area contributed by atoms with Crippen molar-refractivity contribution in [3.8, 4) is 5.88 Å². The number of nitrogens with one attached hydrogen (secondary N) is 2. The van der Waals surface area contributed by atoms with Gasteiger partial charge in [0.25, 0.3) is 0 Å². The van der Waals surface area contributed by atoms with E-state index >= 15 is 0 Å². The van der Waals surface area contributed by atoms with Gasteiger partial charge in [-0.05, 0) is 12.5 Å². The van der Waals surface area contributed by atoms with Crippen molar-refractivity contribution >= 4 is 5.91 Å². The molecule has 1 atom stereocenters. The lowest BCUT2D eigenvalue weighted by Gasteiger charge is -2.13. The third kappa shape index (κ3) is 4.55. The molecule has 0 saturated carbocycles. The van der Waals surface area contributed by atoms with Crippen molar-refractivity contribution in [1.82, 2.24) is 15.6 Å². The van der Waals surface area contributed by atoms with Gasteiger partial charge in [0.1, 0.15) is 0 Å². The summed E-state index contributed by atoms with van der Waals surface area (Å²) in [6.07, 6.45) is 3.37. The van der Waals surface area contributed by atoms with E-state index in [9.17, 15) is 4.79 Å². The Labute approximate surface area is 107 Å². The third-order valence-corrected chi connectivity index (χ3v) is 2.43. The van der Waals surface area contributed by atoms with Crippen molar-refractivity contribution in [2.45, 2.75) is 19.5 Å². The minimum Gasteiger partial charge on any atom is -0.481 e. The first-order chi connectivity index (χ1) is 8.67. The molecule has 1 rings (SSSR count). The fraction of sp³-hybridized carbons (Fsp3) is 0.385. The highest BCUT2D eigenvalue weighted by Gasteiger charge is 2.10. The number of ether oxygens (including phenoxy) is 1. The Hall–Kier alpha value is -1.88. The standard InChI is InChI=1S/C13H19N3O2/c1-4-7-14-13(17)10(2)15-8-11-5-6-12(18-3)16-9-11/h4-6,9-10,15H,1,7-8H2,2-3H3,(H,14,17). The van der Waals surface area contributed by atoms with E-state index in [2.05, 4.69) is 22.2 Å². The number of aromatic nitrogens is 1. The van der Waals surface area contributed by atoms with Gasteiger partial charge in [-0.1, -0.05) is 12.1 Å². The Morgan fingerprint density at radius 2 is 2.39 bits per heavy atom. The van der Waals surface area contributed by atoms with Gasteiger partial charge >= 0.3 is 0 Å². The lowest BCUT2D eigenvalue weighted by Crippen LogP contribution is -2.41. The number of methoxy groups -OCH3 is 1. The maximum absolute atomic E-state index is 11.6. The number of hydrogen-bond donors (Lipinski definition) is 2. The Balaban J connectivity index is 2.39. The maximum atomic E-state index is 11.6. The highest BCUT2D eigenvalue weighted by Crippen LogP contribution is 2.06. The first-order valence-electron chi connectivity index (χ1n) is 5.78. The molecule has 1 unspecified atom stereocenters. The van der Waals surface area contributed by atoms with Gasteiger partial charge in [0.05, 0.1) is 13.2 Å². The van der Waals surface area contributed by atoms with Crippen molar-refractivity contribution in [3.63, 3.8) is 0 Å². The Morgan fingerprint density at radius 3 is 2.94 bits per heavy atom. The summed E-state index contributed by atoms with van der Waals surface area (Å²) in [6, 6.07) is 3.44. The summed E-state index contributed by atoms with van der Waals surface area (Å²) in [5, 5.41) is 5.85. The number of nitrogens with zero attached hydrogens (tertiary/aromatic N) is 1. The first kappa shape index (κ1) is 14.2. The molecule has 2 N–H and O–H groups in total. The van der Waals surface area contributed by atoms with Gasteiger partial charge < -0.3 is 15.4 Å². The number of amides is 1. The highest BCUT2D eigenvalue weighted by atomic mass is 16.5. The van der Waals surface area contributed by atoms with Crippen LogP contribution in [0.15, 0.2) is 31.0 Å². The van der Waals surface area contributed by atoms with Crippen LogP contribution in [-0.4, -0.2) is 30.6 Å². The van der Waals surface area contributed by atoms with Gasteiger partial charge in [-0.2, -0.15) is 0 Å². The summed E-state index contributed by atoms with van der Waals surface area (Å²) in [5.41, 5.74) is 0.999. The molecule has 5 heteroatoms. The highest BCUT2D eigenvalue weighted by molar-refractivity contribution is 5.81. The van der Waals surface area contributed by atoms with Crippen LogP contribution in [0.2, 0.25) is 0 Å². The van der Waals surface area contributed by atoms with Crippen LogP contribution in [0.25, 0.3) is 0 Å². The van der Waals surface area contributed by atoms with Crippen LogP contribution in [0, 0.1) is 0 Å². The molecule has 1 aromatic heterocycles. The molecule has 5 nitrogen and oxygen atoms in total. The number of carbonyl (C=O) groups excluding carboxylic acids is 1. The van der Waals surface area contributed by atoms with Crippen molar-refractivity contribution in [2.75, 3.05) is 13.7 Å². The number of hydrogen-bond acceptors (Lipinski definition) is 4. The fourth-order valence-corrected chi connectivity index (χ4v) is 1.33. The van der Waals surface area contributed by atoms with Crippen LogP contribution in [0.5, 0.6) is 5.88 Å². The second-order valence-corrected chi connectivity index (χ2v) is 3.85. The topological polar surface area (TPSA) is 63.2 Å². The lowest BCUT2D eigenvalue weighted by atomic mass is 10.2. The number of rotatable bonds is 7. The van der Waals surface area contributed by atoms with Crippen LogP contribution < -0.4 is 15.4 Å². The van der Waals surface area contributed by atoms with E-state index in [0.717, 1.165) is 5.56 Å². The minimum absolute atomic E-state index is 0.0450. The average molecular weight is 249 g/mol. The summed E-state index contributed by atoms with van der Waals surface area (Å²) in [4.78, 5) is 15.7. The average Bonchev–Trinajstić information content (AvgIpc) is 2.42. The van der Waals surface area contributed by atoms with Crippen molar-refractivity contribution in [2.24, 2.45) is 0 Å². The Morgan fingerprint density at radius 1 is 1.61 bits per heavy atom. The molecule has 0 aliphatic heterocycles. The summed E-state index contributed by atoms with van der Waals surface area (Å²) in [5.74, 6) is 0.534. The first-order valence-corrected chi connectivity index (χ1v) is 5.78. The van der Waals surface area contributed by atoms with E-state index in [0.29, 0.717) is 19.0 Å².